The molecule has 0 bridgehead atoms. The minimum atomic E-state index is -0.791. The van der Waals surface area contributed by atoms with Crippen LogP contribution in [0.5, 0.6) is 0 Å². The van der Waals surface area contributed by atoms with Gasteiger partial charge in [-0.25, -0.2) is 4.39 Å². The second kappa shape index (κ2) is 6.46. The van der Waals surface area contributed by atoms with E-state index >= 15 is 0 Å². The fraction of sp³-hybridized carbons (Fsp3) is 0.636. The van der Waals surface area contributed by atoms with Gasteiger partial charge in [-0.05, 0) is 38.7 Å². The van der Waals surface area contributed by atoms with E-state index in [2.05, 4.69) is 6.58 Å². The lowest BCUT2D eigenvalue weighted by Gasteiger charge is -2.07. The van der Waals surface area contributed by atoms with Crippen molar-refractivity contribution in [2.45, 2.75) is 45.7 Å². The van der Waals surface area contributed by atoms with E-state index in [1.54, 1.807) is 6.92 Å². The first kappa shape index (κ1) is 13.0. The first-order valence-electron chi connectivity index (χ1n) is 4.87. The van der Waals surface area contributed by atoms with Gasteiger partial charge in [-0.3, -0.25) is 0 Å². The highest BCUT2D eigenvalue weighted by Gasteiger charge is 2.05. The third-order valence-corrected chi connectivity index (χ3v) is 1.93. The highest BCUT2D eigenvalue weighted by molar-refractivity contribution is 6.01. The Morgan fingerprint density at radius 2 is 2.00 bits per heavy atom. The van der Waals surface area contributed by atoms with Gasteiger partial charge in [0, 0.05) is 17.8 Å². The third-order valence-electron chi connectivity index (χ3n) is 1.93. The maximum absolute atomic E-state index is 12.4. The van der Waals surface area contributed by atoms with Crippen LogP contribution in [0.15, 0.2) is 12.2 Å². The number of nitrogens with one attached hydrogen (secondary N) is 2. The molecule has 0 amide bonds. The maximum Gasteiger partial charge on any atom is 0.0973 e. The normalized spacial score (nSPS) is 12.2. The van der Waals surface area contributed by atoms with Crippen LogP contribution >= 0.6 is 0 Å². The van der Waals surface area contributed by atoms with Crippen molar-refractivity contribution < 1.29 is 4.39 Å². The van der Waals surface area contributed by atoms with Crippen LogP contribution in [-0.2, 0) is 0 Å². The van der Waals surface area contributed by atoms with Crippen molar-refractivity contribution in [3.63, 3.8) is 0 Å². The molecule has 2 nitrogen and oxygen atoms in total. The van der Waals surface area contributed by atoms with Crippen LogP contribution in [0.3, 0.4) is 0 Å². The average molecular weight is 198 g/mol. The lowest BCUT2D eigenvalue weighted by Crippen LogP contribution is -2.05. The van der Waals surface area contributed by atoms with E-state index in [-0.39, 0.29) is 0 Å². The number of hydrogen-bond donors (Lipinski definition) is 2. The highest BCUT2D eigenvalue weighted by atomic mass is 19.1. The lowest BCUT2D eigenvalue weighted by atomic mass is 10.0. The van der Waals surface area contributed by atoms with Crippen molar-refractivity contribution in [3.8, 4) is 0 Å². The topological polar surface area (TPSA) is 47.7 Å². The Morgan fingerprint density at radius 1 is 1.43 bits per heavy atom. The van der Waals surface area contributed by atoms with Crippen molar-refractivity contribution >= 4 is 11.4 Å². The molecule has 0 heterocycles. The molecule has 2 N–H and O–H groups in total. The van der Waals surface area contributed by atoms with E-state index in [1.165, 1.54) is 6.92 Å². The van der Waals surface area contributed by atoms with Gasteiger partial charge in [0.05, 0.1) is 6.17 Å². The van der Waals surface area contributed by atoms with E-state index < -0.39 is 6.17 Å². The summed E-state index contributed by atoms with van der Waals surface area (Å²) in [7, 11) is 0. The summed E-state index contributed by atoms with van der Waals surface area (Å²) in [5.74, 6) is 0. The highest BCUT2D eigenvalue weighted by Crippen LogP contribution is 2.10. The minimum absolute atomic E-state index is 0.456. The van der Waals surface area contributed by atoms with Gasteiger partial charge in [-0.1, -0.05) is 6.58 Å². The van der Waals surface area contributed by atoms with Crippen LogP contribution in [0.25, 0.3) is 0 Å². The Kier molecular flexibility index (Phi) is 6.00. The van der Waals surface area contributed by atoms with Gasteiger partial charge in [0.2, 0.25) is 0 Å². The number of halogens is 1. The fourth-order valence-electron chi connectivity index (χ4n) is 1.16. The van der Waals surface area contributed by atoms with Crippen molar-refractivity contribution in [1.29, 1.82) is 10.8 Å². The summed E-state index contributed by atoms with van der Waals surface area (Å²) in [6.07, 6.45) is 1.43. The summed E-state index contributed by atoms with van der Waals surface area (Å²) in [4.78, 5) is 0. The predicted octanol–water partition coefficient (Wildman–Crippen LogP) is 3.52. The summed E-state index contributed by atoms with van der Waals surface area (Å²) in [6, 6.07) is 0. The summed E-state index contributed by atoms with van der Waals surface area (Å²) < 4.78 is 12.4. The Bertz CT molecular complexity index is 231. The van der Waals surface area contributed by atoms with Crippen molar-refractivity contribution in [3.05, 3.63) is 12.2 Å². The molecule has 1 atom stereocenters. The van der Waals surface area contributed by atoms with E-state index in [1.807, 2.05) is 0 Å². The summed E-state index contributed by atoms with van der Waals surface area (Å²) >= 11 is 0. The number of hydrogen-bond acceptors (Lipinski definition) is 2. The molecule has 0 saturated heterocycles. The molecule has 0 rings (SSSR count). The molecule has 0 radical (unpaired) electrons. The first-order chi connectivity index (χ1) is 6.43. The summed E-state index contributed by atoms with van der Waals surface area (Å²) in [5.41, 5.74) is 1.65. The second-order valence-electron chi connectivity index (χ2n) is 3.71. The molecule has 0 spiro atoms. The molecule has 3 heteroatoms. The Labute approximate surface area is 85.2 Å². The van der Waals surface area contributed by atoms with Gasteiger partial charge in [-0.15, -0.1) is 0 Å². The molecular weight excluding hydrogens is 179 g/mol. The third kappa shape index (κ3) is 6.52. The Balaban J connectivity index is 3.74. The lowest BCUT2D eigenvalue weighted by molar-refractivity contribution is 0.336. The SMILES string of the molecule is C=C(CC(C)=N)C(=N)CCCC(C)F. The van der Waals surface area contributed by atoms with Crippen LogP contribution < -0.4 is 0 Å². The van der Waals surface area contributed by atoms with Crippen molar-refractivity contribution in [2.75, 3.05) is 0 Å². The zero-order chi connectivity index (χ0) is 11.1. The molecule has 0 aliphatic heterocycles. The quantitative estimate of drug-likeness (QED) is 0.588. The van der Waals surface area contributed by atoms with Crippen LogP contribution in [0, 0.1) is 10.8 Å². The van der Waals surface area contributed by atoms with Gasteiger partial charge in [-0.2, -0.15) is 0 Å². The van der Waals surface area contributed by atoms with Gasteiger partial charge < -0.3 is 10.8 Å². The van der Waals surface area contributed by atoms with Crippen LogP contribution in [0.4, 0.5) is 4.39 Å². The average Bonchev–Trinajstić information content (AvgIpc) is 2.01. The standard InChI is InChI=1S/C11H19FN2/c1-8(7-10(3)13)11(14)6-4-5-9(2)12/h9,13-14H,1,4-7H2,2-3H3. The summed E-state index contributed by atoms with van der Waals surface area (Å²) in [6.45, 7) is 6.96. The molecule has 0 aromatic heterocycles. The first-order valence-corrected chi connectivity index (χ1v) is 4.87. The van der Waals surface area contributed by atoms with E-state index in [4.69, 9.17) is 10.8 Å². The maximum atomic E-state index is 12.4. The molecule has 80 valence electrons. The van der Waals surface area contributed by atoms with Gasteiger partial charge in [0.15, 0.2) is 0 Å². The Hall–Kier alpha value is -0.990. The molecule has 1 unspecified atom stereocenters. The zero-order valence-corrected chi connectivity index (χ0v) is 8.99. The van der Waals surface area contributed by atoms with Gasteiger partial charge in [0.25, 0.3) is 0 Å². The van der Waals surface area contributed by atoms with Crippen molar-refractivity contribution in [2.24, 2.45) is 0 Å². The number of alkyl halides is 1. The van der Waals surface area contributed by atoms with E-state index in [0.717, 1.165) is 0 Å². The molecule has 0 aliphatic rings. The van der Waals surface area contributed by atoms with Crippen LogP contribution in [0.2, 0.25) is 0 Å². The molecule has 14 heavy (non-hydrogen) atoms. The van der Waals surface area contributed by atoms with Crippen LogP contribution in [0.1, 0.15) is 39.5 Å². The zero-order valence-electron chi connectivity index (χ0n) is 8.99. The van der Waals surface area contributed by atoms with E-state index in [9.17, 15) is 4.39 Å². The van der Waals surface area contributed by atoms with Gasteiger partial charge in [0.1, 0.15) is 0 Å². The smallest absolute Gasteiger partial charge is 0.0973 e. The summed E-state index contributed by atoms with van der Waals surface area (Å²) in [5, 5.41) is 14.9. The molecular formula is C11H19FN2. The van der Waals surface area contributed by atoms with Crippen LogP contribution in [-0.4, -0.2) is 17.6 Å². The largest absolute Gasteiger partial charge is 0.310 e. The van der Waals surface area contributed by atoms with Crippen molar-refractivity contribution in [1.82, 2.24) is 0 Å². The van der Waals surface area contributed by atoms with E-state index in [0.29, 0.717) is 42.7 Å². The molecule has 0 aliphatic carbocycles. The Morgan fingerprint density at radius 3 is 2.43 bits per heavy atom. The second-order valence-corrected chi connectivity index (χ2v) is 3.71. The minimum Gasteiger partial charge on any atom is -0.310 e. The molecule has 0 fully saturated rings. The molecule has 0 aromatic carbocycles. The number of rotatable bonds is 7. The monoisotopic (exact) mass is 198 g/mol. The molecule has 0 saturated carbocycles. The predicted molar refractivity (Wildman–Crippen MR) is 59.3 cm³/mol. The number of allylic oxidation sites excluding steroid dienone is 1. The molecule has 0 aromatic rings. The van der Waals surface area contributed by atoms with Gasteiger partial charge >= 0.3 is 0 Å². The fourth-order valence-corrected chi connectivity index (χ4v) is 1.16.